The minimum Gasteiger partial charge on any atom is -0.371 e. The predicted molar refractivity (Wildman–Crippen MR) is 149 cm³/mol. The Kier molecular flexibility index (Phi) is 14.3. The number of anilines is 2. The number of nitrogens with zero attached hydrogens (tertiary/aromatic N) is 8. The molecule has 2 rings (SSSR count). The number of rotatable bonds is 4. The summed E-state index contributed by atoms with van der Waals surface area (Å²) >= 11 is 11.2. The molecule has 35 heavy (non-hydrogen) atoms. The minimum absolute atomic E-state index is 0.145. The van der Waals surface area contributed by atoms with Crippen LogP contribution in [0.3, 0.4) is 0 Å². The molecule has 0 saturated heterocycles. The third-order valence-corrected chi connectivity index (χ3v) is 5.42. The molecule has 0 atom stereocenters. The van der Waals surface area contributed by atoms with E-state index in [2.05, 4.69) is 38.4 Å². The monoisotopic (exact) mass is 528 g/mol. The van der Waals surface area contributed by atoms with Crippen molar-refractivity contribution in [2.24, 2.45) is 0 Å². The van der Waals surface area contributed by atoms with E-state index in [0.717, 1.165) is 17.1 Å². The highest BCUT2D eigenvalue weighted by molar-refractivity contribution is 7.99. The number of aromatic nitrogens is 2. The molecule has 8 nitrogen and oxygen atoms in total. The first kappa shape index (κ1) is 31.9. The number of hydrogen-bond acceptors (Lipinski definition) is 8. The molecule has 184 valence electrons. The molecular formula is C24H29ClN8S2. The van der Waals surface area contributed by atoms with Crippen molar-refractivity contribution in [1.82, 2.24) is 9.97 Å². The van der Waals surface area contributed by atoms with E-state index in [-0.39, 0.29) is 10.7 Å². The van der Waals surface area contributed by atoms with Gasteiger partial charge in [-0.25, -0.2) is 19.7 Å². The van der Waals surface area contributed by atoms with Crippen molar-refractivity contribution < 1.29 is 0 Å². The number of pyridine rings is 2. The van der Waals surface area contributed by atoms with Crippen LogP contribution in [-0.4, -0.2) is 49.7 Å². The lowest BCUT2D eigenvalue weighted by atomic mass is 10.1. The molecule has 0 N–H and O–H groups in total. The van der Waals surface area contributed by atoms with Gasteiger partial charge >= 0.3 is 0 Å². The second-order valence-electron chi connectivity index (χ2n) is 7.15. The van der Waals surface area contributed by atoms with Gasteiger partial charge in [-0.2, -0.15) is 23.2 Å². The zero-order chi connectivity index (χ0) is 27.3. The summed E-state index contributed by atoms with van der Waals surface area (Å²) in [5, 5.41) is 18.9. The topological polar surface area (TPSA) is 88.6 Å². The van der Waals surface area contributed by atoms with Gasteiger partial charge in [0.1, 0.15) is 34.0 Å². The minimum atomic E-state index is 0.145. The summed E-state index contributed by atoms with van der Waals surface area (Å²) in [4.78, 5) is 18.8. The SMILES string of the molecule is CCS.[C-]#[N+]c1c(N(C)C)nc(Cl)c(C#N)c1C.[C-]#[N+]c1c(N(C)C)nc(SCC)c(C#N)c1C. The van der Waals surface area contributed by atoms with E-state index >= 15 is 0 Å². The number of halogens is 1. The standard InChI is InChI=1S/C12H14N4S.C10H9ClN4.C2H6S/c1-6-17-12-9(7-13)8(2)10(14-3)11(15-12)16(4)5;1-6-7(5-12)9(11)14-10(15(3)4)8(6)13-2;1-2-3/h6H2,1-2,4-5H3;1,3-4H3;3H,2H2,1H3. The maximum absolute atomic E-state index is 9.16. The van der Waals surface area contributed by atoms with Gasteiger partial charge < -0.3 is 9.80 Å². The van der Waals surface area contributed by atoms with Crippen LogP contribution in [0, 0.1) is 49.7 Å². The molecule has 0 bridgehead atoms. The average Bonchev–Trinajstić information content (AvgIpc) is 2.80. The zero-order valence-corrected chi connectivity index (χ0v) is 23.7. The van der Waals surface area contributed by atoms with E-state index in [1.807, 2.05) is 34.0 Å². The lowest BCUT2D eigenvalue weighted by molar-refractivity contribution is 1.00. The Morgan fingerprint density at radius 1 is 0.914 bits per heavy atom. The molecule has 0 spiro atoms. The van der Waals surface area contributed by atoms with Crippen LogP contribution in [0.1, 0.15) is 36.1 Å². The van der Waals surface area contributed by atoms with Gasteiger partial charge in [-0.1, -0.05) is 25.4 Å². The van der Waals surface area contributed by atoms with Gasteiger partial charge in [0.2, 0.25) is 11.4 Å². The van der Waals surface area contributed by atoms with Crippen LogP contribution in [0.4, 0.5) is 23.0 Å². The second kappa shape index (κ2) is 15.7. The molecule has 0 aliphatic carbocycles. The lowest BCUT2D eigenvalue weighted by Gasteiger charge is -2.17. The van der Waals surface area contributed by atoms with Gasteiger partial charge in [0.25, 0.3) is 0 Å². The van der Waals surface area contributed by atoms with E-state index in [1.54, 1.807) is 37.7 Å². The fraction of sp³-hybridized carbons (Fsp3) is 0.417. The predicted octanol–water partition coefficient (Wildman–Crippen LogP) is 6.46. The van der Waals surface area contributed by atoms with Gasteiger partial charge in [-0.3, -0.25) is 0 Å². The smallest absolute Gasteiger partial charge is 0.232 e. The van der Waals surface area contributed by atoms with E-state index in [1.165, 1.54) is 11.8 Å². The molecule has 11 heteroatoms. The highest BCUT2D eigenvalue weighted by Crippen LogP contribution is 2.36. The summed E-state index contributed by atoms with van der Waals surface area (Å²) in [5.74, 6) is 2.92. The number of nitriles is 2. The molecule has 0 fully saturated rings. The molecule has 2 heterocycles. The van der Waals surface area contributed by atoms with E-state index in [4.69, 9.17) is 35.3 Å². The van der Waals surface area contributed by atoms with Gasteiger partial charge in [-0.05, 0) is 36.5 Å². The van der Waals surface area contributed by atoms with Crippen molar-refractivity contribution >= 4 is 59.0 Å². The molecule has 2 aromatic heterocycles. The van der Waals surface area contributed by atoms with Crippen LogP contribution in [0.5, 0.6) is 0 Å². The first-order valence-corrected chi connectivity index (χ1v) is 12.4. The number of hydrogen-bond donors (Lipinski definition) is 1. The molecule has 0 aliphatic rings. The second-order valence-corrected chi connectivity index (χ2v) is 9.39. The molecule has 0 aromatic carbocycles. The van der Waals surface area contributed by atoms with Crippen LogP contribution in [0.2, 0.25) is 5.15 Å². The summed E-state index contributed by atoms with van der Waals surface area (Å²) < 4.78 is 0. The lowest BCUT2D eigenvalue weighted by Crippen LogP contribution is -2.12. The molecule has 0 aliphatic heterocycles. The summed E-state index contributed by atoms with van der Waals surface area (Å²) in [6.07, 6.45) is 0. The van der Waals surface area contributed by atoms with Crippen molar-refractivity contribution in [3.05, 3.63) is 50.2 Å². The van der Waals surface area contributed by atoms with E-state index in [0.29, 0.717) is 39.2 Å². The summed E-state index contributed by atoms with van der Waals surface area (Å²) in [6.45, 7) is 21.8. The third-order valence-electron chi connectivity index (χ3n) is 4.29. The Morgan fingerprint density at radius 3 is 1.66 bits per heavy atom. The van der Waals surface area contributed by atoms with Gasteiger partial charge in [-0.15, -0.1) is 11.8 Å². The summed E-state index contributed by atoms with van der Waals surface area (Å²) in [5.41, 5.74) is 2.93. The highest BCUT2D eigenvalue weighted by atomic mass is 35.5. The van der Waals surface area contributed by atoms with Crippen LogP contribution < -0.4 is 9.80 Å². The number of thioether (sulfide) groups is 1. The Labute approximate surface area is 223 Å². The Hall–Kier alpha value is -3.15. The van der Waals surface area contributed by atoms with E-state index < -0.39 is 0 Å². The van der Waals surface area contributed by atoms with Crippen molar-refractivity contribution in [2.75, 3.05) is 49.5 Å². The van der Waals surface area contributed by atoms with Gasteiger partial charge in [0.15, 0.2) is 0 Å². The largest absolute Gasteiger partial charge is 0.371 e. The first-order valence-electron chi connectivity index (χ1n) is 10.4. The van der Waals surface area contributed by atoms with Crippen LogP contribution in [0.15, 0.2) is 5.03 Å². The Bertz CT molecular complexity index is 1200. The molecule has 0 unspecified atom stereocenters. The normalized spacial score (nSPS) is 9.09. The molecule has 0 radical (unpaired) electrons. The quantitative estimate of drug-likeness (QED) is 0.211. The summed E-state index contributed by atoms with van der Waals surface area (Å²) in [6, 6.07) is 4.09. The first-order chi connectivity index (χ1) is 16.5. The van der Waals surface area contributed by atoms with E-state index in [9.17, 15) is 0 Å². The van der Waals surface area contributed by atoms with Crippen LogP contribution in [-0.2, 0) is 0 Å². The van der Waals surface area contributed by atoms with Crippen molar-refractivity contribution in [3.8, 4) is 12.1 Å². The van der Waals surface area contributed by atoms with Crippen molar-refractivity contribution in [3.63, 3.8) is 0 Å². The summed E-state index contributed by atoms with van der Waals surface area (Å²) in [7, 11) is 7.25. The molecule has 2 aromatic rings. The molecule has 0 saturated carbocycles. The Morgan fingerprint density at radius 2 is 1.31 bits per heavy atom. The number of thiol groups is 1. The maximum atomic E-state index is 9.16. The fourth-order valence-electron chi connectivity index (χ4n) is 2.69. The van der Waals surface area contributed by atoms with Gasteiger partial charge in [0, 0.05) is 28.2 Å². The molecule has 0 amide bonds. The van der Waals surface area contributed by atoms with Crippen molar-refractivity contribution in [2.45, 2.75) is 32.7 Å². The van der Waals surface area contributed by atoms with Crippen LogP contribution >= 0.6 is 36.0 Å². The maximum Gasteiger partial charge on any atom is 0.232 e. The average molecular weight is 529 g/mol. The molecular weight excluding hydrogens is 500 g/mol. The van der Waals surface area contributed by atoms with Gasteiger partial charge in [0.05, 0.1) is 24.3 Å². The highest BCUT2D eigenvalue weighted by Gasteiger charge is 2.18. The van der Waals surface area contributed by atoms with Crippen molar-refractivity contribution in [1.29, 1.82) is 10.5 Å². The van der Waals surface area contributed by atoms with Crippen LogP contribution in [0.25, 0.3) is 9.69 Å². The Balaban J connectivity index is 0.000000597. The fourth-order valence-corrected chi connectivity index (χ4v) is 3.72. The zero-order valence-electron chi connectivity index (χ0n) is 21.2. The third kappa shape index (κ3) is 8.23.